The number of amides is 1. The predicted octanol–water partition coefficient (Wildman–Crippen LogP) is 1.61. The zero-order chi connectivity index (χ0) is 21.7. The molecule has 1 amide bonds. The number of carbonyl (C=O) groups excluding carboxylic acids is 1. The highest BCUT2D eigenvalue weighted by atomic mass is 32.2. The second-order valence-corrected chi connectivity index (χ2v) is 8.61. The van der Waals surface area contributed by atoms with E-state index < -0.39 is 26.6 Å². The number of nitrogens with zero attached hydrogens (tertiary/aromatic N) is 3. The van der Waals surface area contributed by atoms with Crippen LogP contribution >= 0.6 is 0 Å². The van der Waals surface area contributed by atoms with Crippen molar-refractivity contribution in [3.8, 4) is 5.75 Å². The molecule has 1 aliphatic rings. The van der Waals surface area contributed by atoms with Gasteiger partial charge in [-0.2, -0.15) is 9.41 Å². The van der Waals surface area contributed by atoms with Gasteiger partial charge >= 0.3 is 0 Å². The fraction of sp³-hybridized carbons (Fsp3) is 0.263. The van der Waals surface area contributed by atoms with E-state index in [1.165, 1.54) is 28.6 Å². The molecule has 11 heteroatoms. The molecule has 30 heavy (non-hydrogen) atoms. The molecule has 0 aliphatic carbocycles. The topological polar surface area (TPSA) is 145 Å². The molecule has 1 fully saturated rings. The van der Waals surface area contributed by atoms with Gasteiger partial charge in [-0.1, -0.05) is 18.2 Å². The number of benzene rings is 2. The summed E-state index contributed by atoms with van der Waals surface area (Å²) in [6.07, 6.45) is 3.68. The van der Waals surface area contributed by atoms with Gasteiger partial charge in [0.1, 0.15) is 0 Å². The monoisotopic (exact) mass is 431 g/mol. The summed E-state index contributed by atoms with van der Waals surface area (Å²) in [6.45, 7) is 0.970. The molecule has 2 aromatic carbocycles. The molecule has 0 aromatic heterocycles. The Hall–Kier alpha value is -3.31. The molecule has 2 aromatic rings. The van der Waals surface area contributed by atoms with Gasteiger partial charge in [-0.25, -0.2) is 13.8 Å². The van der Waals surface area contributed by atoms with Crippen molar-refractivity contribution in [3.63, 3.8) is 0 Å². The number of hydrogen-bond acceptors (Lipinski definition) is 7. The molecule has 158 valence electrons. The average molecular weight is 431 g/mol. The summed E-state index contributed by atoms with van der Waals surface area (Å²) in [4.78, 5) is 22.4. The van der Waals surface area contributed by atoms with Gasteiger partial charge in [-0.05, 0) is 42.7 Å². The number of nitrogens with one attached hydrogen (secondary N) is 1. The molecule has 3 rings (SSSR count). The third-order valence-corrected chi connectivity index (χ3v) is 6.56. The standard InChI is InChI=1S/C19H20N4O6S/c24-18-9-6-16(23(26)27)12-15(18)13-20-21-19(25)14-4-7-17(8-5-14)30(28,29)22-10-2-1-3-11-22/h4-9,12-13,24H,1-3,10-11H2,(H,21,25)/p-1/b20-13-. The first kappa shape index (κ1) is 21.4. The number of carbonyl (C=O) groups is 1. The maximum Gasteiger partial charge on any atom is 0.271 e. The van der Waals surface area contributed by atoms with E-state index in [-0.39, 0.29) is 21.7 Å². The van der Waals surface area contributed by atoms with Crippen LogP contribution in [0.25, 0.3) is 0 Å². The molecule has 0 atom stereocenters. The molecule has 1 saturated heterocycles. The minimum atomic E-state index is -3.59. The normalized spacial score (nSPS) is 15.2. The third-order valence-electron chi connectivity index (χ3n) is 4.64. The van der Waals surface area contributed by atoms with Crippen LogP contribution in [0.3, 0.4) is 0 Å². The fourth-order valence-corrected chi connectivity index (χ4v) is 4.52. The second kappa shape index (κ2) is 9.01. The van der Waals surface area contributed by atoms with E-state index in [0.29, 0.717) is 13.1 Å². The molecule has 0 bridgehead atoms. The van der Waals surface area contributed by atoms with Crippen LogP contribution in [-0.4, -0.2) is 42.9 Å². The maximum atomic E-state index is 12.6. The highest BCUT2D eigenvalue weighted by molar-refractivity contribution is 7.89. The summed E-state index contributed by atoms with van der Waals surface area (Å²) in [5.74, 6) is -1.10. The second-order valence-electron chi connectivity index (χ2n) is 6.67. The largest absolute Gasteiger partial charge is 0.872 e. The van der Waals surface area contributed by atoms with E-state index in [0.717, 1.165) is 43.7 Å². The Balaban J connectivity index is 1.67. The molecule has 0 saturated carbocycles. The van der Waals surface area contributed by atoms with Gasteiger partial charge in [0.05, 0.1) is 16.0 Å². The summed E-state index contributed by atoms with van der Waals surface area (Å²) < 4.78 is 26.7. The number of rotatable bonds is 6. The molecule has 0 unspecified atom stereocenters. The number of hydrogen-bond donors (Lipinski definition) is 1. The fourth-order valence-electron chi connectivity index (χ4n) is 3.01. The Labute approximate surface area is 173 Å². The van der Waals surface area contributed by atoms with Crippen molar-refractivity contribution in [3.05, 3.63) is 63.7 Å². The Morgan fingerprint density at radius 1 is 1.10 bits per heavy atom. The molecule has 0 radical (unpaired) electrons. The van der Waals surface area contributed by atoms with Crippen LogP contribution in [0.5, 0.6) is 5.75 Å². The van der Waals surface area contributed by atoms with E-state index in [9.17, 15) is 28.4 Å². The smallest absolute Gasteiger partial charge is 0.271 e. The summed E-state index contributed by atoms with van der Waals surface area (Å²) in [5.41, 5.74) is 2.06. The van der Waals surface area contributed by atoms with Crippen LogP contribution in [0.4, 0.5) is 5.69 Å². The van der Waals surface area contributed by atoms with Crippen molar-refractivity contribution < 1.29 is 23.2 Å². The Morgan fingerprint density at radius 3 is 2.40 bits per heavy atom. The van der Waals surface area contributed by atoms with Crippen molar-refractivity contribution in [2.75, 3.05) is 13.1 Å². The molecule has 1 heterocycles. The average Bonchev–Trinajstić information content (AvgIpc) is 2.75. The summed E-state index contributed by atoms with van der Waals surface area (Å²) in [7, 11) is -3.59. The van der Waals surface area contributed by atoms with Gasteiger partial charge in [0.15, 0.2) is 0 Å². The van der Waals surface area contributed by atoms with E-state index in [4.69, 9.17) is 0 Å². The maximum absolute atomic E-state index is 12.6. The number of nitro groups is 1. The van der Waals surface area contributed by atoms with Crippen LogP contribution < -0.4 is 10.5 Å². The van der Waals surface area contributed by atoms with Crippen LogP contribution in [-0.2, 0) is 10.0 Å². The highest BCUT2D eigenvalue weighted by Gasteiger charge is 2.25. The lowest BCUT2D eigenvalue weighted by Crippen LogP contribution is -2.35. The minimum absolute atomic E-state index is 0.0486. The highest BCUT2D eigenvalue weighted by Crippen LogP contribution is 2.21. The Morgan fingerprint density at radius 2 is 1.77 bits per heavy atom. The van der Waals surface area contributed by atoms with Gasteiger partial charge in [-0.3, -0.25) is 14.9 Å². The number of non-ortho nitro benzene ring substituents is 1. The summed E-state index contributed by atoms with van der Waals surface area (Å²) in [5, 5.41) is 26.1. The first-order chi connectivity index (χ1) is 14.3. The summed E-state index contributed by atoms with van der Waals surface area (Å²) in [6, 6.07) is 8.64. The lowest BCUT2D eigenvalue weighted by molar-refractivity contribution is -0.385. The van der Waals surface area contributed by atoms with Gasteiger partial charge in [0.2, 0.25) is 10.0 Å². The van der Waals surface area contributed by atoms with Crippen molar-refractivity contribution in [2.24, 2.45) is 5.10 Å². The zero-order valence-electron chi connectivity index (χ0n) is 15.9. The van der Waals surface area contributed by atoms with Crippen molar-refractivity contribution >= 4 is 27.8 Å². The lowest BCUT2D eigenvalue weighted by Gasteiger charge is -2.25. The first-order valence-electron chi connectivity index (χ1n) is 9.18. The number of nitro benzene ring substituents is 1. The molecule has 10 nitrogen and oxygen atoms in total. The number of sulfonamides is 1. The van der Waals surface area contributed by atoms with Gasteiger partial charge in [0, 0.05) is 30.8 Å². The Kier molecular flexibility index (Phi) is 6.43. The van der Waals surface area contributed by atoms with Crippen LogP contribution in [0.2, 0.25) is 0 Å². The van der Waals surface area contributed by atoms with Crippen molar-refractivity contribution in [2.45, 2.75) is 24.2 Å². The van der Waals surface area contributed by atoms with Crippen LogP contribution in [0.1, 0.15) is 35.2 Å². The minimum Gasteiger partial charge on any atom is -0.872 e. The van der Waals surface area contributed by atoms with E-state index in [1.807, 2.05) is 0 Å². The molecular formula is C19H19N4O6S-. The molecule has 0 spiro atoms. The molecule has 1 aliphatic heterocycles. The third kappa shape index (κ3) is 4.81. The predicted molar refractivity (Wildman–Crippen MR) is 107 cm³/mol. The number of hydrazone groups is 1. The lowest BCUT2D eigenvalue weighted by atomic mass is 10.2. The molecule has 1 N–H and O–H groups in total. The van der Waals surface area contributed by atoms with Crippen molar-refractivity contribution in [1.29, 1.82) is 0 Å². The van der Waals surface area contributed by atoms with Crippen molar-refractivity contribution in [1.82, 2.24) is 9.73 Å². The zero-order valence-corrected chi connectivity index (χ0v) is 16.7. The van der Waals surface area contributed by atoms with E-state index in [1.54, 1.807) is 0 Å². The first-order valence-corrected chi connectivity index (χ1v) is 10.6. The quantitative estimate of drug-likeness (QED) is 0.418. The van der Waals surface area contributed by atoms with Crippen LogP contribution in [0, 0.1) is 10.1 Å². The van der Waals surface area contributed by atoms with Gasteiger partial charge in [0.25, 0.3) is 11.6 Å². The van der Waals surface area contributed by atoms with E-state index in [2.05, 4.69) is 10.5 Å². The molecular weight excluding hydrogens is 412 g/mol. The van der Waals surface area contributed by atoms with Gasteiger partial charge in [-0.15, -0.1) is 0 Å². The number of piperidine rings is 1. The van der Waals surface area contributed by atoms with Crippen LogP contribution in [0.15, 0.2) is 52.5 Å². The van der Waals surface area contributed by atoms with Gasteiger partial charge < -0.3 is 5.11 Å². The Bertz CT molecular complexity index is 1080. The van der Waals surface area contributed by atoms with E-state index >= 15 is 0 Å². The summed E-state index contributed by atoms with van der Waals surface area (Å²) >= 11 is 0. The SMILES string of the molecule is O=C(N/N=C\c1cc([N+](=O)[O-])ccc1[O-])c1ccc(S(=O)(=O)N2CCCCC2)cc1.